The van der Waals surface area contributed by atoms with E-state index < -0.39 is 24.1 Å². The number of aliphatic hydroxyl groups is 1. The highest BCUT2D eigenvalue weighted by molar-refractivity contribution is 7.99. The zero-order chi connectivity index (χ0) is 11.1. The molecule has 0 radical (unpaired) electrons. The first-order valence-corrected chi connectivity index (χ1v) is 5.33. The fourth-order valence-electron chi connectivity index (χ4n) is 0.619. The summed E-state index contributed by atoms with van der Waals surface area (Å²) in [6.07, 6.45) is -2.47. The largest absolute Gasteiger partial charge is 0.478 e. The molecule has 0 aliphatic carbocycles. The van der Waals surface area contributed by atoms with E-state index in [0.29, 0.717) is 0 Å². The van der Waals surface area contributed by atoms with Gasteiger partial charge >= 0.3 is 11.9 Å². The zero-order valence-corrected chi connectivity index (χ0v) is 8.91. The van der Waals surface area contributed by atoms with E-state index in [4.69, 9.17) is 10.2 Å². The zero-order valence-electron chi connectivity index (χ0n) is 8.10. The molecule has 0 heterocycles. The second-order valence-corrected chi connectivity index (χ2v) is 3.92. The summed E-state index contributed by atoms with van der Waals surface area (Å²) in [6, 6.07) is 0. The van der Waals surface area contributed by atoms with Gasteiger partial charge in [-0.2, -0.15) is 11.8 Å². The number of carbonyl (C=O) groups excluding carboxylic acids is 1. The van der Waals surface area contributed by atoms with Crippen molar-refractivity contribution in [2.45, 2.75) is 26.1 Å². The minimum atomic E-state index is -1.29. The number of thioether (sulfide) groups is 1. The van der Waals surface area contributed by atoms with Crippen LogP contribution < -0.4 is 0 Å². The third-order valence-corrected chi connectivity index (χ3v) is 2.30. The maximum Gasteiger partial charge on any atom is 0.345 e. The fraction of sp³-hybridized carbons (Fsp3) is 0.750. The van der Waals surface area contributed by atoms with Gasteiger partial charge in [-0.15, -0.1) is 0 Å². The molecule has 0 fully saturated rings. The van der Waals surface area contributed by atoms with Crippen molar-refractivity contribution in [1.82, 2.24) is 0 Å². The average Bonchev–Trinajstić information content (AvgIpc) is 2.10. The monoisotopic (exact) mass is 222 g/mol. The number of rotatable bonds is 6. The molecule has 0 aliphatic heterocycles. The number of esters is 1. The van der Waals surface area contributed by atoms with E-state index in [9.17, 15) is 9.59 Å². The van der Waals surface area contributed by atoms with E-state index in [1.165, 1.54) is 18.7 Å². The maximum atomic E-state index is 10.9. The van der Waals surface area contributed by atoms with E-state index in [1.54, 1.807) is 0 Å². The van der Waals surface area contributed by atoms with Crippen LogP contribution in [-0.2, 0) is 14.3 Å². The molecule has 0 saturated heterocycles. The molecule has 0 spiro atoms. The van der Waals surface area contributed by atoms with Crippen molar-refractivity contribution in [3.63, 3.8) is 0 Å². The highest BCUT2D eigenvalue weighted by Crippen LogP contribution is 2.06. The Balaban J connectivity index is 4.09. The highest BCUT2D eigenvalue weighted by atomic mass is 32.2. The molecular weight excluding hydrogens is 208 g/mol. The van der Waals surface area contributed by atoms with Crippen molar-refractivity contribution in [2.75, 3.05) is 11.5 Å². The van der Waals surface area contributed by atoms with Crippen molar-refractivity contribution in [2.24, 2.45) is 0 Å². The number of ether oxygens (including phenoxy) is 1. The molecule has 2 N–H and O–H groups in total. The summed E-state index contributed by atoms with van der Waals surface area (Å²) in [5, 5.41) is 17.5. The van der Waals surface area contributed by atoms with E-state index >= 15 is 0 Å². The molecule has 2 atom stereocenters. The molecule has 14 heavy (non-hydrogen) atoms. The van der Waals surface area contributed by atoms with Gasteiger partial charge in [0.15, 0.2) is 0 Å². The third-order valence-electron chi connectivity index (χ3n) is 1.35. The van der Waals surface area contributed by atoms with Gasteiger partial charge in [0, 0.05) is 5.75 Å². The van der Waals surface area contributed by atoms with E-state index in [-0.39, 0.29) is 5.75 Å². The van der Waals surface area contributed by atoms with Gasteiger partial charge in [-0.05, 0) is 12.7 Å². The lowest BCUT2D eigenvalue weighted by atomic mass is 10.4. The summed E-state index contributed by atoms with van der Waals surface area (Å²) >= 11 is 1.36. The lowest BCUT2D eigenvalue weighted by Gasteiger charge is -2.13. The Morgan fingerprint density at radius 3 is 2.43 bits per heavy atom. The second-order valence-electron chi connectivity index (χ2n) is 2.60. The first-order valence-electron chi connectivity index (χ1n) is 4.18. The molecule has 0 amide bonds. The molecule has 0 aromatic carbocycles. The summed E-state index contributed by atoms with van der Waals surface area (Å²) in [4.78, 5) is 21.5. The van der Waals surface area contributed by atoms with Crippen molar-refractivity contribution in [3.8, 4) is 0 Å². The molecule has 0 aromatic rings. The van der Waals surface area contributed by atoms with Gasteiger partial charge in [-0.1, -0.05) is 6.92 Å². The minimum absolute atomic E-state index is 0.199. The molecule has 0 bridgehead atoms. The standard InChI is InChI=1S/C8H14O5S/c1-3-14-4-6(7(10)11)13-8(12)5(2)9/h5-6,9H,3-4H2,1-2H3,(H,10,11). The van der Waals surface area contributed by atoms with Crippen molar-refractivity contribution < 1.29 is 24.5 Å². The summed E-state index contributed by atoms with van der Waals surface area (Å²) in [5.74, 6) is -1.16. The van der Waals surface area contributed by atoms with Gasteiger partial charge in [0.2, 0.25) is 6.10 Å². The van der Waals surface area contributed by atoms with Crippen LogP contribution in [-0.4, -0.2) is 45.9 Å². The number of aliphatic hydroxyl groups excluding tert-OH is 1. The Morgan fingerprint density at radius 2 is 2.07 bits per heavy atom. The lowest BCUT2D eigenvalue weighted by Crippen LogP contribution is -2.33. The lowest BCUT2D eigenvalue weighted by molar-refractivity contribution is -0.167. The van der Waals surface area contributed by atoms with Crippen LogP contribution in [0.4, 0.5) is 0 Å². The first kappa shape index (κ1) is 13.2. The Bertz CT molecular complexity index is 204. The van der Waals surface area contributed by atoms with Crippen LogP contribution in [0.2, 0.25) is 0 Å². The predicted molar refractivity (Wildman–Crippen MR) is 52.2 cm³/mol. The van der Waals surface area contributed by atoms with Gasteiger partial charge in [0.1, 0.15) is 6.10 Å². The number of hydrogen-bond acceptors (Lipinski definition) is 5. The first-order chi connectivity index (χ1) is 6.49. The molecule has 0 aliphatic rings. The number of carboxylic acids is 1. The van der Waals surface area contributed by atoms with Crippen molar-refractivity contribution in [1.29, 1.82) is 0 Å². The van der Waals surface area contributed by atoms with E-state index in [0.717, 1.165) is 5.75 Å². The minimum Gasteiger partial charge on any atom is -0.478 e. The maximum absolute atomic E-state index is 10.9. The van der Waals surface area contributed by atoms with Crippen LogP contribution >= 0.6 is 11.8 Å². The Hall–Kier alpha value is -0.750. The van der Waals surface area contributed by atoms with Crippen LogP contribution in [0.25, 0.3) is 0 Å². The molecular formula is C8H14O5S. The molecule has 2 unspecified atom stereocenters. The van der Waals surface area contributed by atoms with Crippen molar-refractivity contribution >= 4 is 23.7 Å². The van der Waals surface area contributed by atoms with Crippen LogP contribution in [0.3, 0.4) is 0 Å². The predicted octanol–water partition coefficient (Wildman–Crippen LogP) is 0.117. The van der Waals surface area contributed by atoms with Gasteiger partial charge in [0.25, 0.3) is 0 Å². The normalized spacial score (nSPS) is 14.5. The summed E-state index contributed by atoms with van der Waals surface area (Å²) in [7, 11) is 0. The van der Waals surface area contributed by atoms with Crippen LogP contribution in [0, 0.1) is 0 Å². The van der Waals surface area contributed by atoms with Crippen LogP contribution in [0.15, 0.2) is 0 Å². The molecule has 6 heteroatoms. The average molecular weight is 222 g/mol. The van der Waals surface area contributed by atoms with Gasteiger partial charge < -0.3 is 14.9 Å². The second kappa shape index (κ2) is 6.67. The van der Waals surface area contributed by atoms with E-state index in [2.05, 4.69) is 4.74 Å². The van der Waals surface area contributed by atoms with Gasteiger partial charge in [-0.25, -0.2) is 9.59 Å². The molecule has 82 valence electrons. The SMILES string of the molecule is CCSCC(OC(=O)C(C)O)C(=O)O. The number of aliphatic carboxylic acids is 1. The Kier molecular flexibility index (Phi) is 6.31. The summed E-state index contributed by atoms with van der Waals surface area (Å²) < 4.78 is 4.57. The fourth-order valence-corrected chi connectivity index (χ4v) is 1.28. The quantitative estimate of drug-likeness (QED) is 0.621. The van der Waals surface area contributed by atoms with Crippen LogP contribution in [0.1, 0.15) is 13.8 Å². The van der Waals surface area contributed by atoms with Crippen LogP contribution in [0.5, 0.6) is 0 Å². The number of carboxylic acid groups (broad SMARTS) is 1. The third kappa shape index (κ3) is 5.08. The topological polar surface area (TPSA) is 83.8 Å². The smallest absolute Gasteiger partial charge is 0.345 e. The summed E-state index contributed by atoms with van der Waals surface area (Å²) in [5.41, 5.74) is 0. The molecule has 0 aromatic heterocycles. The Labute approximate surface area is 86.4 Å². The Morgan fingerprint density at radius 1 is 1.50 bits per heavy atom. The molecule has 0 saturated carbocycles. The van der Waals surface area contributed by atoms with Gasteiger partial charge in [-0.3, -0.25) is 0 Å². The number of carbonyl (C=O) groups is 2. The summed E-state index contributed by atoms with van der Waals surface area (Å²) in [6.45, 7) is 3.11. The molecule has 0 rings (SSSR count). The van der Waals surface area contributed by atoms with Crippen molar-refractivity contribution in [3.05, 3.63) is 0 Å². The highest BCUT2D eigenvalue weighted by Gasteiger charge is 2.23. The number of hydrogen-bond donors (Lipinski definition) is 2. The van der Waals surface area contributed by atoms with E-state index in [1.807, 2.05) is 6.92 Å². The van der Waals surface area contributed by atoms with Gasteiger partial charge in [0.05, 0.1) is 0 Å². The molecule has 5 nitrogen and oxygen atoms in total.